The van der Waals surface area contributed by atoms with Gasteiger partial charge in [-0.2, -0.15) is 8.42 Å². The van der Waals surface area contributed by atoms with Crippen LogP contribution < -0.4 is 9.47 Å². The standard InChI is InChI=1S/C9H11FO5S/c1-13-6-15-9-5-7(16(10,11)12)3-4-8(9)14-2/h3-5H,6H2,1-2H3. The summed E-state index contributed by atoms with van der Waals surface area (Å²) >= 11 is 0. The molecule has 0 aromatic heterocycles. The molecular weight excluding hydrogens is 239 g/mol. The van der Waals surface area contributed by atoms with Crippen molar-refractivity contribution in [3.05, 3.63) is 18.2 Å². The van der Waals surface area contributed by atoms with Gasteiger partial charge in [0.1, 0.15) is 4.90 Å². The molecule has 1 aromatic rings. The van der Waals surface area contributed by atoms with E-state index < -0.39 is 15.1 Å². The maximum Gasteiger partial charge on any atom is 0.332 e. The van der Waals surface area contributed by atoms with Crippen molar-refractivity contribution in [1.29, 1.82) is 0 Å². The van der Waals surface area contributed by atoms with Gasteiger partial charge in [0, 0.05) is 13.2 Å². The van der Waals surface area contributed by atoms with Crippen molar-refractivity contribution >= 4 is 10.2 Å². The van der Waals surface area contributed by atoms with Gasteiger partial charge in [-0.15, -0.1) is 3.89 Å². The molecule has 0 saturated carbocycles. The summed E-state index contributed by atoms with van der Waals surface area (Å²) in [6.45, 7) is -0.0911. The monoisotopic (exact) mass is 250 g/mol. The fourth-order valence-electron chi connectivity index (χ4n) is 1.04. The van der Waals surface area contributed by atoms with Crippen LogP contribution in [0, 0.1) is 0 Å². The van der Waals surface area contributed by atoms with Crippen molar-refractivity contribution in [2.45, 2.75) is 4.90 Å². The molecule has 0 amide bonds. The number of benzene rings is 1. The van der Waals surface area contributed by atoms with Crippen LogP contribution in [0.4, 0.5) is 3.89 Å². The molecule has 0 heterocycles. The maximum atomic E-state index is 12.7. The third-order valence-corrected chi connectivity index (χ3v) is 2.57. The molecule has 0 aliphatic heterocycles. The third kappa shape index (κ3) is 3.07. The summed E-state index contributed by atoms with van der Waals surface area (Å²) in [5.41, 5.74) is 0. The lowest BCUT2D eigenvalue weighted by molar-refractivity contribution is 0.0490. The molecule has 0 atom stereocenters. The van der Waals surface area contributed by atoms with E-state index in [9.17, 15) is 12.3 Å². The summed E-state index contributed by atoms with van der Waals surface area (Å²) in [7, 11) is -1.96. The highest BCUT2D eigenvalue weighted by Crippen LogP contribution is 2.30. The van der Waals surface area contributed by atoms with E-state index in [1.807, 2.05) is 0 Å². The second kappa shape index (κ2) is 5.13. The molecular formula is C9H11FO5S. The molecule has 16 heavy (non-hydrogen) atoms. The summed E-state index contributed by atoms with van der Waals surface area (Å²) in [4.78, 5) is -0.487. The molecule has 0 aliphatic carbocycles. The Morgan fingerprint density at radius 2 is 1.94 bits per heavy atom. The molecule has 90 valence electrons. The molecule has 0 fully saturated rings. The molecule has 0 radical (unpaired) electrons. The SMILES string of the molecule is COCOc1cc(S(=O)(=O)F)ccc1OC. The van der Waals surface area contributed by atoms with E-state index in [2.05, 4.69) is 4.74 Å². The van der Waals surface area contributed by atoms with Crippen LogP contribution in [0.1, 0.15) is 0 Å². The lowest BCUT2D eigenvalue weighted by Crippen LogP contribution is -2.02. The lowest BCUT2D eigenvalue weighted by Gasteiger charge is -2.10. The van der Waals surface area contributed by atoms with E-state index in [4.69, 9.17) is 9.47 Å². The van der Waals surface area contributed by atoms with Gasteiger partial charge >= 0.3 is 10.2 Å². The van der Waals surface area contributed by atoms with E-state index in [-0.39, 0.29) is 12.5 Å². The van der Waals surface area contributed by atoms with Gasteiger partial charge in [0.15, 0.2) is 18.3 Å². The zero-order valence-electron chi connectivity index (χ0n) is 8.77. The van der Waals surface area contributed by atoms with Crippen molar-refractivity contribution in [1.82, 2.24) is 0 Å². The Hall–Kier alpha value is -1.34. The van der Waals surface area contributed by atoms with Gasteiger partial charge in [0.2, 0.25) is 0 Å². The van der Waals surface area contributed by atoms with Crippen LogP contribution in [-0.4, -0.2) is 29.4 Å². The Bertz CT molecular complexity index is 457. The van der Waals surface area contributed by atoms with Crippen LogP contribution >= 0.6 is 0 Å². The molecule has 0 aliphatic rings. The van der Waals surface area contributed by atoms with Crippen molar-refractivity contribution < 1.29 is 26.5 Å². The maximum absolute atomic E-state index is 12.7. The number of ether oxygens (including phenoxy) is 3. The average molecular weight is 250 g/mol. The van der Waals surface area contributed by atoms with Crippen LogP contribution in [-0.2, 0) is 15.0 Å². The summed E-state index contributed by atoms with van der Waals surface area (Å²) < 4.78 is 48.6. The largest absolute Gasteiger partial charge is 0.493 e. The van der Waals surface area contributed by atoms with Gasteiger partial charge in [-0.25, -0.2) is 0 Å². The van der Waals surface area contributed by atoms with E-state index in [1.165, 1.54) is 20.3 Å². The number of methoxy groups -OCH3 is 2. The van der Waals surface area contributed by atoms with E-state index in [1.54, 1.807) is 0 Å². The van der Waals surface area contributed by atoms with Crippen LogP contribution in [0.3, 0.4) is 0 Å². The van der Waals surface area contributed by atoms with Gasteiger partial charge in [-0.1, -0.05) is 0 Å². The molecule has 7 heteroatoms. The van der Waals surface area contributed by atoms with Gasteiger partial charge in [0.05, 0.1) is 7.11 Å². The normalized spacial score (nSPS) is 11.2. The molecule has 1 rings (SSSR count). The molecule has 1 aromatic carbocycles. The van der Waals surface area contributed by atoms with E-state index in [0.29, 0.717) is 5.75 Å². The number of rotatable bonds is 5. The van der Waals surface area contributed by atoms with Gasteiger partial charge in [0.25, 0.3) is 0 Å². The Morgan fingerprint density at radius 3 is 2.44 bits per heavy atom. The quantitative estimate of drug-likeness (QED) is 0.583. The average Bonchev–Trinajstić information content (AvgIpc) is 2.24. The zero-order chi connectivity index (χ0) is 12.2. The van der Waals surface area contributed by atoms with Crippen LogP contribution in [0.5, 0.6) is 11.5 Å². The molecule has 0 unspecified atom stereocenters. The summed E-state index contributed by atoms with van der Waals surface area (Å²) in [6.07, 6.45) is 0. The number of hydrogen-bond donors (Lipinski definition) is 0. The Morgan fingerprint density at radius 1 is 1.25 bits per heavy atom. The van der Waals surface area contributed by atoms with Gasteiger partial charge < -0.3 is 14.2 Å². The van der Waals surface area contributed by atoms with Crippen LogP contribution in [0.25, 0.3) is 0 Å². The third-order valence-electron chi connectivity index (χ3n) is 1.75. The van der Waals surface area contributed by atoms with Crippen molar-refractivity contribution in [3.8, 4) is 11.5 Å². The highest BCUT2D eigenvalue weighted by Gasteiger charge is 2.15. The highest BCUT2D eigenvalue weighted by molar-refractivity contribution is 7.86. The zero-order valence-corrected chi connectivity index (χ0v) is 9.58. The smallest absolute Gasteiger partial charge is 0.332 e. The first-order chi connectivity index (χ1) is 7.49. The number of hydrogen-bond acceptors (Lipinski definition) is 5. The lowest BCUT2D eigenvalue weighted by atomic mass is 10.3. The van der Waals surface area contributed by atoms with Crippen molar-refractivity contribution in [2.24, 2.45) is 0 Å². The summed E-state index contributed by atoms with van der Waals surface area (Å²) in [5, 5.41) is 0. The molecule has 0 spiro atoms. The van der Waals surface area contributed by atoms with Gasteiger partial charge in [-0.3, -0.25) is 0 Å². The molecule has 0 N–H and O–H groups in total. The summed E-state index contributed by atoms with van der Waals surface area (Å²) in [6, 6.07) is 3.43. The Labute approximate surface area is 93.0 Å². The minimum atomic E-state index is -4.75. The van der Waals surface area contributed by atoms with Crippen molar-refractivity contribution in [2.75, 3.05) is 21.0 Å². The first kappa shape index (κ1) is 12.7. The molecule has 0 bridgehead atoms. The van der Waals surface area contributed by atoms with Crippen LogP contribution in [0.2, 0.25) is 0 Å². The second-order valence-electron chi connectivity index (χ2n) is 2.80. The Balaban J connectivity index is 3.11. The fraction of sp³-hybridized carbons (Fsp3) is 0.333. The van der Waals surface area contributed by atoms with Crippen LogP contribution in [0.15, 0.2) is 23.1 Å². The van der Waals surface area contributed by atoms with Gasteiger partial charge in [-0.05, 0) is 12.1 Å². The Kier molecular flexibility index (Phi) is 4.08. The first-order valence-electron chi connectivity index (χ1n) is 4.23. The summed E-state index contributed by atoms with van der Waals surface area (Å²) in [5.74, 6) is 0.396. The van der Waals surface area contributed by atoms with Crippen molar-refractivity contribution in [3.63, 3.8) is 0 Å². The first-order valence-corrected chi connectivity index (χ1v) is 5.62. The number of halogens is 1. The predicted molar refractivity (Wildman–Crippen MR) is 53.8 cm³/mol. The molecule has 5 nitrogen and oxygen atoms in total. The van der Waals surface area contributed by atoms with E-state index >= 15 is 0 Å². The molecule has 0 saturated heterocycles. The predicted octanol–water partition coefficient (Wildman–Crippen LogP) is 1.34. The van der Waals surface area contributed by atoms with E-state index in [0.717, 1.165) is 12.1 Å². The highest BCUT2D eigenvalue weighted by atomic mass is 32.3. The second-order valence-corrected chi connectivity index (χ2v) is 4.15. The minimum Gasteiger partial charge on any atom is -0.493 e. The topological polar surface area (TPSA) is 61.8 Å². The fourth-order valence-corrected chi connectivity index (χ4v) is 1.52. The minimum absolute atomic E-state index is 0.0911.